The fourth-order valence-electron chi connectivity index (χ4n) is 3.68. The van der Waals surface area contributed by atoms with Gasteiger partial charge in [-0.3, -0.25) is 0 Å². The molecule has 2 aromatic rings. The van der Waals surface area contributed by atoms with E-state index in [2.05, 4.69) is 0 Å². The number of nitrogens with two attached hydrogens (primary N) is 2. The monoisotopic (exact) mass is 490 g/mol. The number of rotatable bonds is 19. The fourth-order valence-corrected chi connectivity index (χ4v) is 3.68. The summed E-state index contributed by atoms with van der Waals surface area (Å²) in [6.07, 6.45) is 3.85. The Morgan fingerprint density at radius 3 is 2.09 bits per heavy atom. The van der Waals surface area contributed by atoms with Crippen LogP contribution in [-0.2, 0) is 0 Å². The first-order chi connectivity index (χ1) is 17.1. The van der Waals surface area contributed by atoms with E-state index in [1.54, 1.807) is 0 Å². The number of hydrogen-bond donors (Lipinski definition) is 5. The molecule has 0 fully saturated rings. The van der Waals surface area contributed by atoms with Crippen LogP contribution in [0.3, 0.4) is 0 Å². The molecule has 2 aromatic carbocycles. The van der Waals surface area contributed by atoms with Crippen LogP contribution < -0.4 is 25.7 Å². The summed E-state index contributed by atoms with van der Waals surface area (Å²) in [4.78, 5) is 0. The highest BCUT2D eigenvalue weighted by atomic mass is 16.5. The van der Waals surface area contributed by atoms with Crippen molar-refractivity contribution < 1.29 is 29.5 Å². The summed E-state index contributed by atoms with van der Waals surface area (Å²) in [6.45, 7) is 2.18. The largest absolute Gasteiger partial charge is 0.494 e. The second-order valence-electron chi connectivity index (χ2n) is 8.46. The van der Waals surface area contributed by atoms with Crippen LogP contribution in [-0.4, -0.2) is 54.8 Å². The number of aliphatic hydroxyl groups is 3. The van der Waals surface area contributed by atoms with Gasteiger partial charge in [0.1, 0.15) is 23.4 Å². The van der Waals surface area contributed by atoms with Gasteiger partial charge in [0.25, 0.3) is 0 Å². The molecule has 0 saturated carbocycles. The van der Waals surface area contributed by atoms with E-state index in [1.807, 2.05) is 42.5 Å². The van der Waals surface area contributed by atoms with Crippen LogP contribution in [0.25, 0.3) is 0 Å². The van der Waals surface area contributed by atoms with Gasteiger partial charge >= 0.3 is 0 Å². The Kier molecular flexibility index (Phi) is 14.1. The molecule has 196 valence electrons. The van der Waals surface area contributed by atoms with Crippen LogP contribution in [0, 0.1) is 0 Å². The van der Waals surface area contributed by atoms with Gasteiger partial charge in [-0.05, 0) is 87.5 Å². The Bertz CT molecular complexity index is 835. The predicted molar refractivity (Wildman–Crippen MR) is 137 cm³/mol. The first-order valence-corrected chi connectivity index (χ1v) is 12.6. The van der Waals surface area contributed by atoms with E-state index >= 15 is 0 Å². The third-order valence-electron chi connectivity index (χ3n) is 5.60. The van der Waals surface area contributed by atoms with Crippen LogP contribution in [0.1, 0.15) is 68.3 Å². The summed E-state index contributed by atoms with van der Waals surface area (Å²) in [5.41, 5.74) is 13.2. The van der Waals surface area contributed by atoms with Crippen molar-refractivity contribution in [2.45, 2.75) is 57.2 Å². The van der Waals surface area contributed by atoms with E-state index in [4.69, 9.17) is 35.9 Å². The minimum Gasteiger partial charge on any atom is -0.494 e. The van der Waals surface area contributed by atoms with Crippen LogP contribution in [0.15, 0.2) is 42.5 Å². The van der Waals surface area contributed by atoms with E-state index in [9.17, 15) is 5.11 Å². The van der Waals surface area contributed by atoms with Gasteiger partial charge in [-0.15, -0.1) is 0 Å². The molecule has 8 nitrogen and oxygen atoms in total. The van der Waals surface area contributed by atoms with Crippen molar-refractivity contribution in [3.63, 3.8) is 0 Å². The van der Waals surface area contributed by atoms with Crippen LogP contribution in [0.2, 0.25) is 0 Å². The Morgan fingerprint density at radius 1 is 0.743 bits per heavy atom. The van der Waals surface area contributed by atoms with Gasteiger partial charge in [0.2, 0.25) is 0 Å². The topological polar surface area (TPSA) is 140 Å². The van der Waals surface area contributed by atoms with Gasteiger partial charge in [-0.1, -0.05) is 12.1 Å². The maximum atomic E-state index is 10.8. The molecular weight excluding hydrogens is 448 g/mol. The quantitative estimate of drug-likeness (QED) is 0.189. The third kappa shape index (κ3) is 10.4. The van der Waals surface area contributed by atoms with Gasteiger partial charge < -0.3 is 41.0 Å². The zero-order valence-corrected chi connectivity index (χ0v) is 20.6. The number of aliphatic hydroxyl groups excluding tert-OH is 3. The van der Waals surface area contributed by atoms with Gasteiger partial charge in [0.15, 0.2) is 0 Å². The minimum atomic E-state index is -0.785. The maximum absolute atomic E-state index is 10.8. The molecule has 0 radical (unpaired) electrons. The molecule has 0 aliphatic rings. The average molecular weight is 491 g/mol. The zero-order chi connectivity index (χ0) is 25.3. The van der Waals surface area contributed by atoms with Crippen molar-refractivity contribution >= 4 is 0 Å². The molecule has 0 spiro atoms. The smallest absolute Gasteiger partial charge is 0.126 e. The average Bonchev–Trinajstić information content (AvgIpc) is 2.87. The van der Waals surface area contributed by atoms with Crippen LogP contribution >= 0.6 is 0 Å². The molecule has 2 unspecified atom stereocenters. The molecule has 0 aliphatic heterocycles. The first-order valence-electron chi connectivity index (χ1n) is 12.6. The van der Waals surface area contributed by atoms with Crippen molar-refractivity contribution in [2.75, 3.05) is 39.5 Å². The molecule has 2 atom stereocenters. The fraction of sp³-hybridized carbons (Fsp3) is 0.556. The number of benzene rings is 2. The summed E-state index contributed by atoms with van der Waals surface area (Å²) in [5.74, 6) is 1.95. The van der Waals surface area contributed by atoms with Crippen molar-refractivity contribution in [3.05, 3.63) is 53.6 Å². The van der Waals surface area contributed by atoms with E-state index in [1.165, 1.54) is 0 Å². The lowest BCUT2D eigenvalue weighted by molar-refractivity contribution is 0.150. The lowest BCUT2D eigenvalue weighted by atomic mass is 10.0. The highest BCUT2D eigenvalue weighted by molar-refractivity contribution is 5.42. The van der Waals surface area contributed by atoms with Gasteiger partial charge in [-0.25, -0.2) is 0 Å². The number of unbranched alkanes of at least 4 members (excludes halogenated alkanes) is 3. The van der Waals surface area contributed by atoms with E-state index in [-0.39, 0.29) is 19.3 Å². The maximum Gasteiger partial charge on any atom is 0.126 e. The lowest BCUT2D eigenvalue weighted by Gasteiger charge is -2.24. The zero-order valence-electron chi connectivity index (χ0n) is 20.6. The molecule has 7 N–H and O–H groups in total. The van der Waals surface area contributed by atoms with Crippen molar-refractivity contribution in [1.29, 1.82) is 0 Å². The van der Waals surface area contributed by atoms with E-state index in [0.717, 1.165) is 37.0 Å². The normalized spacial score (nSPS) is 12.8. The molecule has 8 heteroatoms. The summed E-state index contributed by atoms with van der Waals surface area (Å²) in [5, 5.41) is 28.6. The molecule has 0 bridgehead atoms. The second kappa shape index (κ2) is 17.1. The van der Waals surface area contributed by atoms with Crippen molar-refractivity contribution in [3.8, 4) is 17.2 Å². The van der Waals surface area contributed by atoms with Gasteiger partial charge in [0.05, 0.1) is 19.3 Å². The molecule has 0 heterocycles. The second-order valence-corrected chi connectivity index (χ2v) is 8.46. The predicted octanol–water partition coefficient (Wildman–Crippen LogP) is 3.23. The summed E-state index contributed by atoms with van der Waals surface area (Å²) in [7, 11) is 0. The van der Waals surface area contributed by atoms with Crippen LogP contribution in [0.4, 0.5) is 0 Å². The van der Waals surface area contributed by atoms with Crippen molar-refractivity contribution in [1.82, 2.24) is 0 Å². The van der Waals surface area contributed by atoms with E-state index in [0.29, 0.717) is 62.6 Å². The third-order valence-corrected chi connectivity index (χ3v) is 5.60. The lowest BCUT2D eigenvalue weighted by Crippen LogP contribution is -2.15. The molecule has 0 aliphatic carbocycles. The standard InChI is InChI=1S/C27H42N2O6/c28-13-11-25(32)24-20-23(34-17-4-1-2-15-30)9-10-27(24)35-26(12-14-29)21-7-6-8-22(19-21)33-18-5-3-16-31/h6-10,19-20,25-26,30-32H,1-5,11-18,28-29H2. The molecule has 0 aromatic heterocycles. The molecule has 35 heavy (non-hydrogen) atoms. The van der Waals surface area contributed by atoms with Gasteiger partial charge in [0, 0.05) is 25.2 Å². The molecular formula is C27H42N2O6. The van der Waals surface area contributed by atoms with E-state index < -0.39 is 6.10 Å². The Balaban J connectivity index is 2.18. The van der Waals surface area contributed by atoms with Crippen LogP contribution in [0.5, 0.6) is 17.2 Å². The first kappa shape index (κ1) is 28.9. The summed E-state index contributed by atoms with van der Waals surface area (Å²) in [6, 6.07) is 13.2. The van der Waals surface area contributed by atoms with Crippen molar-refractivity contribution in [2.24, 2.45) is 11.5 Å². The Hall–Kier alpha value is -2.36. The Labute approximate surface area is 208 Å². The number of ether oxygens (including phenoxy) is 3. The number of hydrogen-bond acceptors (Lipinski definition) is 8. The SMILES string of the molecule is NCCC(O)c1cc(OCCCCCO)ccc1OC(CCN)c1cccc(OCCCCO)c1. The molecule has 0 amide bonds. The summed E-state index contributed by atoms with van der Waals surface area (Å²) >= 11 is 0. The molecule has 0 saturated heterocycles. The van der Waals surface area contributed by atoms with Gasteiger partial charge in [-0.2, -0.15) is 0 Å². The molecule has 2 rings (SSSR count). The Morgan fingerprint density at radius 2 is 1.40 bits per heavy atom. The minimum absolute atomic E-state index is 0.154. The summed E-state index contributed by atoms with van der Waals surface area (Å²) < 4.78 is 18.1. The highest BCUT2D eigenvalue weighted by Gasteiger charge is 2.20. The highest BCUT2D eigenvalue weighted by Crippen LogP contribution is 2.35.